The van der Waals surface area contributed by atoms with Crippen LogP contribution in [0.4, 0.5) is 0 Å². The summed E-state index contributed by atoms with van der Waals surface area (Å²) in [6.45, 7) is 2.59. The molecule has 0 N–H and O–H groups in total. The number of carbonyl (C=O) groups is 1. The van der Waals surface area contributed by atoms with E-state index < -0.39 is 15.6 Å². The molecule has 2 aromatic rings. The van der Waals surface area contributed by atoms with Crippen molar-refractivity contribution in [1.29, 1.82) is 0 Å². The highest BCUT2D eigenvalue weighted by molar-refractivity contribution is 7.91. The molecule has 0 radical (unpaired) electrons. The van der Waals surface area contributed by atoms with Crippen molar-refractivity contribution < 1.29 is 17.9 Å². The van der Waals surface area contributed by atoms with Gasteiger partial charge in [-0.3, -0.25) is 0 Å². The van der Waals surface area contributed by atoms with Gasteiger partial charge in [0, 0.05) is 36.4 Å². The Bertz CT molecular complexity index is 908. The van der Waals surface area contributed by atoms with E-state index >= 15 is 0 Å². The van der Waals surface area contributed by atoms with Gasteiger partial charge in [-0.05, 0) is 25.1 Å². The number of hydrogen-bond acceptors (Lipinski definition) is 5. The van der Waals surface area contributed by atoms with Crippen LogP contribution in [0.15, 0.2) is 40.6 Å². The van der Waals surface area contributed by atoms with Crippen LogP contribution in [-0.4, -0.2) is 31.8 Å². The van der Waals surface area contributed by atoms with Crippen molar-refractivity contribution in [2.75, 3.05) is 13.1 Å². The molecule has 7 heteroatoms. The van der Waals surface area contributed by atoms with Crippen molar-refractivity contribution in [3.8, 4) is 0 Å². The maximum atomic E-state index is 12.7. The molecule has 0 atom stereocenters. The van der Waals surface area contributed by atoms with Crippen LogP contribution in [0.3, 0.4) is 0 Å². The molecule has 1 aromatic carbocycles. The first-order valence-electron chi connectivity index (χ1n) is 7.82. The number of benzene rings is 1. The van der Waals surface area contributed by atoms with Crippen LogP contribution in [0, 0.1) is 6.92 Å². The van der Waals surface area contributed by atoms with Gasteiger partial charge < -0.3 is 4.74 Å². The van der Waals surface area contributed by atoms with Crippen LogP contribution in [0.2, 0.25) is 0 Å². The number of hydrogen-bond donors (Lipinski definition) is 0. The molecule has 1 aromatic heterocycles. The third-order valence-electron chi connectivity index (χ3n) is 4.77. The van der Waals surface area contributed by atoms with E-state index in [0.29, 0.717) is 35.7 Å². The molecule has 24 heavy (non-hydrogen) atoms. The van der Waals surface area contributed by atoms with Crippen molar-refractivity contribution in [3.63, 3.8) is 0 Å². The van der Waals surface area contributed by atoms with Gasteiger partial charge in [-0.2, -0.15) is 4.31 Å². The van der Waals surface area contributed by atoms with Crippen molar-refractivity contribution >= 4 is 27.3 Å². The fourth-order valence-electron chi connectivity index (χ4n) is 3.48. The zero-order valence-electron chi connectivity index (χ0n) is 13.2. The molecule has 2 aliphatic heterocycles. The van der Waals surface area contributed by atoms with E-state index in [2.05, 4.69) is 0 Å². The Balaban J connectivity index is 1.59. The second-order valence-corrected chi connectivity index (χ2v) is 9.65. The Morgan fingerprint density at radius 1 is 1.12 bits per heavy atom. The van der Waals surface area contributed by atoms with Crippen molar-refractivity contribution in [1.82, 2.24) is 4.31 Å². The lowest BCUT2D eigenvalue weighted by atomic mass is 9.84. The lowest BCUT2D eigenvalue weighted by molar-refractivity contribution is -0.0329. The van der Waals surface area contributed by atoms with Gasteiger partial charge in [-0.1, -0.05) is 18.2 Å². The Labute approximate surface area is 144 Å². The standard InChI is InChI=1S/C17H17NO4S2/c1-12-6-7-15(23-12)24(20,21)18-10-8-17(9-11-18)14-5-3-2-4-13(14)16(19)22-17/h2-7H,8-11H2,1H3. The van der Waals surface area contributed by atoms with Gasteiger partial charge in [0.1, 0.15) is 9.81 Å². The molecule has 1 fully saturated rings. The van der Waals surface area contributed by atoms with Gasteiger partial charge >= 0.3 is 5.97 Å². The van der Waals surface area contributed by atoms with E-state index in [9.17, 15) is 13.2 Å². The summed E-state index contributed by atoms with van der Waals surface area (Å²) in [6.07, 6.45) is 0.971. The number of ether oxygens (including phenoxy) is 1. The summed E-state index contributed by atoms with van der Waals surface area (Å²) in [7, 11) is -3.47. The van der Waals surface area contributed by atoms with Crippen LogP contribution in [0.1, 0.15) is 33.6 Å². The number of thiophene rings is 1. The quantitative estimate of drug-likeness (QED) is 0.770. The predicted octanol–water partition coefficient (Wildman–Crippen LogP) is 2.91. The zero-order valence-corrected chi connectivity index (χ0v) is 14.8. The molecular formula is C17H17NO4S2. The fraction of sp³-hybridized carbons (Fsp3) is 0.353. The number of nitrogens with zero attached hydrogens (tertiary/aromatic N) is 1. The van der Waals surface area contributed by atoms with E-state index in [1.54, 1.807) is 12.1 Å². The summed E-state index contributed by atoms with van der Waals surface area (Å²) in [6, 6.07) is 10.9. The summed E-state index contributed by atoms with van der Waals surface area (Å²) in [4.78, 5) is 13.1. The summed E-state index contributed by atoms with van der Waals surface area (Å²) in [5.41, 5.74) is 0.812. The molecule has 3 heterocycles. The zero-order chi connectivity index (χ0) is 16.9. The number of piperidine rings is 1. The number of sulfonamides is 1. The SMILES string of the molecule is Cc1ccc(S(=O)(=O)N2CCC3(CC2)OC(=O)c2ccccc23)s1. The topological polar surface area (TPSA) is 63.7 Å². The second kappa shape index (κ2) is 5.40. The largest absolute Gasteiger partial charge is 0.450 e. The number of aryl methyl sites for hydroxylation is 1. The maximum Gasteiger partial charge on any atom is 0.339 e. The Hall–Kier alpha value is -1.70. The average molecular weight is 363 g/mol. The highest BCUT2D eigenvalue weighted by atomic mass is 32.2. The summed E-state index contributed by atoms with van der Waals surface area (Å²) < 4.78 is 33.0. The van der Waals surface area contributed by atoms with Crippen LogP contribution < -0.4 is 0 Å². The molecule has 0 bridgehead atoms. The minimum atomic E-state index is -3.47. The minimum Gasteiger partial charge on any atom is -0.450 e. The van der Waals surface area contributed by atoms with Crippen LogP contribution in [0.25, 0.3) is 0 Å². The van der Waals surface area contributed by atoms with Crippen LogP contribution >= 0.6 is 11.3 Å². The monoisotopic (exact) mass is 363 g/mol. The van der Waals surface area contributed by atoms with Gasteiger partial charge in [0.15, 0.2) is 0 Å². The van der Waals surface area contributed by atoms with E-state index in [1.165, 1.54) is 15.6 Å². The molecule has 0 amide bonds. The molecular weight excluding hydrogens is 346 g/mol. The number of esters is 1. The van der Waals surface area contributed by atoms with Gasteiger partial charge in [0.25, 0.3) is 10.0 Å². The van der Waals surface area contributed by atoms with Crippen molar-refractivity contribution in [2.45, 2.75) is 29.6 Å². The van der Waals surface area contributed by atoms with Crippen LogP contribution in [0.5, 0.6) is 0 Å². The van der Waals surface area contributed by atoms with E-state index in [1.807, 2.05) is 31.2 Å². The normalized spacial score (nSPS) is 20.1. The second-order valence-electron chi connectivity index (χ2n) is 6.20. The van der Waals surface area contributed by atoms with Gasteiger partial charge in [-0.25, -0.2) is 13.2 Å². The van der Waals surface area contributed by atoms with E-state index in [-0.39, 0.29) is 5.97 Å². The highest BCUT2D eigenvalue weighted by Gasteiger charge is 2.48. The minimum absolute atomic E-state index is 0.309. The number of fused-ring (bicyclic) bond motifs is 2. The van der Waals surface area contributed by atoms with Crippen molar-refractivity contribution in [3.05, 3.63) is 52.4 Å². The molecule has 0 aliphatic carbocycles. The molecule has 1 saturated heterocycles. The molecule has 2 aliphatic rings. The fourth-order valence-corrected chi connectivity index (χ4v) is 6.36. The molecule has 0 unspecified atom stereocenters. The number of rotatable bonds is 2. The van der Waals surface area contributed by atoms with E-state index in [0.717, 1.165) is 10.4 Å². The highest BCUT2D eigenvalue weighted by Crippen LogP contribution is 2.44. The van der Waals surface area contributed by atoms with Crippen LogP contribution in [-0.2, 0) is 20.4 Å². The third-order valence-corrected chi connectivity index (χ3v) is 8.13. The first-order chi connectivity index (χ1) is 11.4. The molecule has 5 nitrogen and oxygen atoms in total. The lowest BCUT2D eigenvalue weighted by Gasteiger charge is -2.37. The summed E-state index contributed by atoms with van der Waals surface area (Å²) in [5, 5.41) is 0. The first kappa shape index (κ1) is 15.8. The Morgan fingerprint density at radius 3 is 2.50 bits per heavy atom. The number of carbonyl (C=O) groups excluding carboxylic acids is 1. The summed E-state index contributed by atoms with van der Waals surface area (Å²) >= 11 is 1.29. The molecule has 4 rings (SSSR count). The van der Waals surface area contributed by atoms with Gasteiger partial charge in [0.05, 0.1) is 5.56 Å². The van der Waals surface area contributed by atoms with E-state index in [4.69, 9.17) is 4.74 Å². The predicted molar refractivity (Wildman–Crippen MR) is 90.6 cm³/mol. The smallest absolute Gasteiger partial charge is 0.339 e. The van der Waals surface area contributed by atoms with Gasteiger partial charge in [-0.15, -0.1) is 11.3 Å². The maximum absolute atomic E-state index is 12.7. The third kappa shape index (κ3) is 2.30. The summed E-state index contributed by atoms with van der Waals surface area (Å²) in [5.74, 6) is -0.309. The Morgan fingerprint density at radius 2 is 1.83 bits per heavy atom. The lowest BCUT2D eigenvalue weighted by Crippen LogP contribution is -2.45. The molecule has 0 saturated carbocycles. The average Bonchev–Trinajstić information content (AvgIpc) is 3.12. The first-order valence-corrected chi connectivity index (χ1v) is 10.1. The molecule has 1 spiro atoms. The van der Waals surface area contributed by atoms with Gasteiger partial charge in [0.2, 0.25) is 0 Å². The van der Waals surface area contributed by atoms with Crippen molar-refractivity contribution in [2.24, 2.45) is 0 Å². The molecule has 126 valence electrons. The Kier molecular flexibility index (Phi) is 3.56.